The second kappa shape index (κ2) is 15.6. The van der Waals surface area contributed by atoms with Crippen molar-refractivity contribution < 1.29 is 9.59 Å². The number of nitrogens with two attached hydrogens (primary N) is 1. The fraction of sp³-hybridized carbons (Fsp3) is 0.500. The summed E-state index contributed by atoms with van der Waals surface area (Å²) in [6, 6.07) is 2.00. The van der Waals surface area contributed by atoms with E-state index in [1.165, 1.54) is 38.0 Å². The number of carbonyl (C=O) groups excluding carboxylic acids is 2. The zero-order chi connectivity index (χ0) is 31.6. The van der Waals surface area contributed by atoms with E-state index in [0.29, 0.717) is 29.2 Å². The average Bonchev–Trinajstić information content (AvgIpc) is 3.78. The van der Waals surface area contributed by atoms with Crippen LogP contribution in [0, 0.1) is 18.8 Å². The number of likely N-dealkylation sites (tertiary alicyclic amines) is 1. The van der Waals surface area contributed by atoms with Gasteiger partial charge in [-0.1, -0.05) is 33.3 Å². The van der Waals surface area contributed by atoms with Crippen molar-refractivity contribution in [3.05, 3.63) is 66.5 Å². The van der Waals surface area contributed by atoms with Gasteiger partial charge < -0.3 is 16.4 Å². The Kier molecular flexibility index (Phi) is 11.7. The smallest absolute Gasteiger partial charge is 0.259 e. The third-order valence-corrected chi connectivity index (χ3v) is 8.91. The number of rotatable bonds is 13. The molecule has 1 saturated heterocycles. The summed E-state index contributed by atoms with van der Waals surface area (Å²) in [7, 11) is 1.87. The molecule has 3 heterocycles. The van der Waals surface area contributed by atoms with Crippen LogP contribution in [0.5, 0.6) is 0 Å². The Morgan fingerprint density at radius 3 is 2.64 bits per heavy atom. The highest BCUT2D eigenvalue weighted by atomic mass is 16.2. The summed E-state index contributed by atoms with van der Waals surface area (Å²) in [5.74, 6) is 0.499. The highest BCUT2D eigenvalue weighted by Crippen LogP contribution is 2.30. The van der Waals surface area contributed by atoms with E-state index < -0.39 is 5.91 Å². The van der Waals surface area contributed by atoms with E-state index in [1.54, 1.807) is 36.3 Å². The molecule has 4 rings (SSSR count). The SMILES string of the molecule is C=CC(=N/C=C(/c1cnn(C)c1)C(C)CC)/C(=C\N)C(=O)Nc1cc(NC(=O)CC2CCCN2CC2CCCC2)cnc1C. The summed E-state index contributed by atoms with van der Waals surface area (Å²) in [4.78, 5) is 38.0. The number of hydrogen-bond donors (Lipinski definition) is 3. The Morgan fingerprint density at radius 1 is 1.20 bits per heavy atom. The van der Waals surface area contributed by atoms with Crippen LogP contribution in [-0.4, -0.2) is 56.3 Å². The van der Waals surface area contributed by atoms with Crippen LogP contribution in [0.4, 0.5) is 11.4 Å². The minimum Gasteiger partial charge on any atom is -0.404 e. The first kappa shape index (κ1) is 32.9. The quantitative estimate of drug-likeness (QED) is 0.203. The summed E-state index contributed by atoms with van der Waals surface area (Å²) in [6.07, 6.45) is 18.7. The molecule has 2 fully saturated rings. The summed E-state index contributed by atoms with van der Waals surface area (Å²) < 4.78 is 1.75. The molecular weight excluding hydrogens is 552 g/mol. The van der Waals surface area contributed by atoms with Crippen molar-refractivity contribution in [3.8, 4) is 0 Å². The van der Waals surface area contributed by atoms with E-state index >= 15 is 0 Å². The van der Waals surface area contributed by atoms with Gasteiger partial charge in [0, 0.05) is 50.2 Å². The molecule has 4 N–H and O–H groups in total. The van der Waals surface area contributed by atoms with Crippen LogP contribution >= 0.6 is 0 Å². The normalized spacial score (nSPS) is 19.3. The van der Waals surface area contributed by atoms with Crippen LogP contribution in [0.25, 0.3) is 5.57 Å². The molecule has 2 unspecified atom stereocenters. The number of aromatic nitrogens is 3. The molecule has 2 atom stereocenters. The number of hydrogen-bond acceptors (Lipinski definition) is 7. The van der Waals surface area contributed by atoms with Gasteiger partial charge in [0.05, 0.1) is 40.7 Å². The number of aliphatic imine (C=N–C) groups is 1. The van der Waals surface area contributed by atoms with Crippen molar-refractivity contribution in [1.82, 2.24) is 19.7 Å². The number of carbonyl (C=O) groups is 2. The first-order valence-electron chi connectivity index (χ1n) is 15.9. The van der Waals surface area contributed by atoms with Crippen LogP contribution in [0.1, 0.15) is 76.5 Å². The second-order valence-corrected chi connectivity index (χ2v) is 12.1. The van der Waals surface area contributed by atoms with Gasteiger partial charge in [-0.2, -0.15) is 5.10 Å². The summed E-state index contributed by atoms with van der Waals surface area (Å²) in [6.45, 7) is 12.1. The number of nitrogens with zero attached hydrogens (tertiary/aromatic N) is 5. The third kappa shape index (κ3) is 8.53. The number of pyridine rings is 1. The van der Waals surface area contributed by atoms with E-state index in [1.807, 2.05) is 13.2 Å². The molecule has 0 radical (unpaired) electrons. The number of amides is 2. The first-order chi connectivity index (χ1) is 21.2. The molecule has 0 aromatic carbocycles. The zero-order valence-electron chi connectivity index (χ0n) is 26.7. The molecule has 10 heteroatoms. The van der Waals surface area contributed by atoms with Crippen LogP contribution < -0.4 is 16.4 Å². The van der Waals surface area contributed by atoms with Crippen LogP contribution in [0.2, 0.25) is 0 Å². The number of nitrogens with one attached hydrogen (secondary N) is 2. The van der Waals surface area contributed by atoms with E-state index in [-0.39, 0.29) is 23.4 Å². The molecule has 44 heavy (non-hydrogen) atoms. The van der Waals surface area contributed by atoms with Crippen LogP contribution in [0.3, 0.4) is 0 Å². The maximum atomic E-state index is 13.4. The van der Waals surface area contributed by atoms with Crippen molar-refractivity contribution in [3.63, 3.8) is 0 Å². The molecule has 0 spiro atoms. The van der Waals surface area contributed by atoms with Gasteiger partial charge in [0.25, 0.3) is 5.91 Å². The van der Waals surface area contributed by atoms with Crippen molar-refractivity contribution >= 4 is 34.5 Å². The van der Waals surface area contributed by atoms with E-state index in [9.17, 15) is 9.59 Å². The summed E-state index contributed by atoms with van der Waals surface area (Å²) in [5.41, 5.74) is 10.0. The van der Waals surface area contributed by atoms with Gasteiger partial charge in [-0.3, -0.25) is 29.1 Å². The highest BCUT2D eigenvalue weighted by molar-refractivity contribution is 6.29. The lowest BCUT2D eigenvalue weighted by atomic mass is 9.95. The molecule has 236 valence electrons. The average molecular weight is 601 g/mol. The minimum atomic E-state index is -0.451. The molecule has 10 nitrogen and oxygen atoms in total. The first-order valence-corrected chi connectivity index (χ1v) is 15.9. The monoisotopic (exact) mass is 600 g/mol. The number of anilines is 2. The fourth-order valence-electron chi connectivity index (χ4n) is 6.16. The molecule has 1 aliphatic carbocycles. The highest BCUT2D eigenvalue weighted by Gasteiger charge is 2.29. The summed E-state index contributed by atoms with van der Waals surface area (Å²) >= 11 is 0. The van der Waals surface area contributed by atoms with E-state index in [2.05, 4.69) is 51.0 Å². The molecule has 2 aromatic rings. The molecule has 0 bridgehead atoms. The number of aryl methyl sites for hydroxylation is 2. The van der Waals surface area contributed by atoms with Gasteiger partial charge >= 0.3 is 0 Å². The van der Waals surface area contributed by atoms with E-state index in [4.69, 9.17) is 5.73 Å². The lowest BCUT2D eigenvalue weighted by Gasteiger charge is -2.27. The van der Waals surface area contributed by atoms with Gasteiger partial charge in [0.2, 0.25) is 5.91 Å². The number of allylic oxidation sites excluding steroid dienone is 2. The predicted molar refractivity (Wildman–Crippen MR) is 178 cm³/mol. The van der Waals surface area contributed by atoms with Crippen molar-refractivity contribution in [2.45, 2.75) is 78.2 Å². The Labute approximate surface area is 261 Å². The Hall–Kier alpha value is -4.05. The maximum absolute atomic E-state index is 13.4. The van der Waals surface area contributed by atoms with Crippen molar-refractivity contribution in [2.75, 3.05) is 23.7 Å². The van der Waals surface area contributed by atoms with Gasteiger partial charge in [0.1, 0.15) is 0 Å². The van der Waals surface area contributed by atoms with Gasteiger partial charge in [-0.25, -0.2) is 0 Å². The van der Waals surface area contributed by atoms with Crippen LogP contribution in [0.15, 0.2) is 60.3 Å². The largest absolute Gasteiger partial charge is 0.404 e. The Bertz CT molecular complexity index is 1420. The van der Waals surface area contributed by atoms with Crippen molar-refractivity contribution in [2.24, 2.45) is 29.6 Å². The third-order valence-electron chi connectivity index (χ3n) is 8.91. The molecule has 1 saturated carbocycles. The van der Waals surface area contributed by atoms with Gasteiger partial charge in [-0.05, 0) is 75.1 Å². The molecule has 2 aromatic heterocycles. The van der Waals surface area contributed by atoms with E-state index in [0.717, 1.165) is 49.4 Å². The molecule has 1 aliphatic heterocycles. The topological polar surface area (TPSA) is 131 Å². The summed E-state index contributed by atoms with van der Waals surface area (Å²) in [5, 5.41) is 10.2. The Morgan fingerprint density at radius 2 is 1.98 bits per heavy atom. The predicted octanol–water partition coefficient (Wildman–Crippen LogP) is 5.60. The second-order valence-electron chi connectivity index (χ2n) is 12.1. The fourth-order valence-corrected chi connectivity index (χ4v) is 6.16. The molecule has 2 aliphatic rings. The van der Waals surface area contributed by atoms with Gasteiger partial charge in [0.15, 0.2) is 0 Å². The Balaban J connectivity index is 1.43. The van der Waals surface area contributed by atoms with Crippen molar-refractivity contribution in [1.29, 1.82) is 0 Å². The standard InChI is InChI=1S/C34H48N8O2/c1-6-23(3)30(26-18-38-41(5)22-26)20-37-31(7-2)29(17-35)34(44)40-32-15-27(19-36-24(32)4)39-33(43)16-28-13-10-14-42(28)21-25-11-8-9-12-25/h7,15,17-20,22-23,25,28H,2,6,8-14,16,21,35H2,1,3-5H3,(H,39,43)(H,40,44)/b29-17+,30-20+,37-31-. The molecular formula is C34H48N8O2. The lowest BCUT2D eigenvalue weighted by Crippen LogP contribution is -2.36. The zero-order valence-corrected chi connectivity index (χ0v) is 26.7. The maximum Gasteiger partial charge on any atom is 0.259 e. The van der Waals surface area contributed by atoms with Gasteiger partial charge in [-0.15, -0.1) is 0 Å². The lowest BCUT2D eigenvalue weighted by molar-refractivity contribution is -0.117. The minimum absolute atomic E-state index is 0.0441. The van der Waals surface area contributed by atoms with Crippen LogP contribution in [-0.2, 0) is 16.6 Å². The molecule has 2 amide bonds.